The molecule has 0 unspecified atom stereocenters. The largest absolute Gasteiger partial charge is 0.497 e. The SMILES string of the molecule is COc1cccc(NC(=O)c2cc3c(C)nn(-c4cccc(C)c4)c3s2)c1. The summed E-state index contributed by atoms with van der Waals surface area (Å²) in [6.45, 7) is 4.02. The number of thiophene rings is 1. The third-order valence-electron chi connectivity index (χ3n) is 4.34. The summed E-state index contributed by atoms with van der Waals surface area (Å²) in [5.74, 6) is 0.565. The highest BCUT2D eigenvalue weighted by atomic mass is 32.1. The average molecular weight is 377 g/mol. The first-order valence-corrected chi connectivity index (χ1v) is 9.38. The second-order valence-electron chi connectivity index (χ2n) is 6.35. The molecule has 2 heterocycles. The van der Waals surface area contributed by atoms with Crippen LogP contribution in [-0.2, 0) is 0 Å². The van der Waals surface area contributed by atoms with Crippen molar-refractivity contribution in [2.45, 2.75) is 13.8 Å². The van der Waals surface area contributed by atoms with E-state index in [9.17, 15) is 4.79 Å². The number of aryl methyl sites for hydroxylation is 2. The van der Waals surface area contributed by atoms with Crippen LogP contribution in [0.4, 0.5) is 5.69 Å². The molecule has 0 radical (unpaired) electrons. The molecule has 0 aliphatic heterocycles. The molecule has 5 nitrogen and oxygen atoms in total. The van der Waals surface area contributed by atoms with Gasteiger partial charge in [-0.3, -0.25) is 4.79 Å². The average Bonchev–Trinajstić information content (AvgIpc) is 3.23. The van der Waals surface area contributed by atoms with E-state index in [2.05, 4.69) is 29.5 Å². The number of rotatable bonds is 4. The van der Waals surface area contributed by atoms with Gasteiger partial charge in [-0.05, 0) is 49.7 Å². The Bertz CT molecular complexity index is 1140. The fourth-order valence-corrected chi connectivity index (χ4v) is 4.07. The van der Waals surface area contributed by atoms with Crippen molar-refractivity contribution in [3.05, 3.63) is 70.7 Å². The monoisotopic (exact) mass is 377 g/mol. The van der Waals surface area contributed by atoms with Crippen LogP contribution in [0.1, 0.15) is 20.9 Å². The minimum atomic E-state index is -0.139. The molecule has 0 saturated carbocycles. The van der Waals surface area contributed by atoms with Crippen molar-refractivity contribution < 1.29 is 9.53 Å². The van der Waals surface area contributed by atoms with E-state index >= 15 is 0 Å². The Labute approximate surface area is 161 Å². The Morgan fingerprint density at radius 2 is 1.93 bits per heavy atom. The van der Waals surface area contributed by atoms with E-state index < -0.39 is 0 Å². The van der Waals surface area contributed by atoms with Gasteiger partial charge in [-0.1, -0.05) is 18.2 Å². The smallest absolute Gasteiger partial charge is 0.265 e. The lowest BCUT2D eigenvalue weighted by Crippen LogP contribution is -2.10. The van der Waals surface area contributed by atoms with E-state index in [1.807, 2.05) is 48.0 Å². The quantitative estimate of drug-likeness (QED) is 0.547. The van der Waals surface area contributed by atoms with Crippen LogP contribution in [0.25, 0.3) is 15.9 Å². The van der Waals surface area contributed by atoms with Crippen molar-refractivity contribution in [3.63, 3.8) is 0 Å². The van der Waals surface area contributed by atoms with Gasteiger partial charge in [0.25, 0.3) is 5.91 Å². The molecule has 2 aromatic heterocycles. The third-order valence-corrected chi connectivity index (χ3v) is 5.45. The van der Waals surface area contributed by atoms with Crippen molar-refractivity contribution in [1.29, 1.82) is 0 Å². The number of ether oxygens (including phenoxy) is 1. The van der Waals surface area contributed by atoms with E-state index in [0.717, 1.165) is 21.6 Å². The molecular weight excluding hydrogens is 358 g/mol. The van der Waals surface area contributed by atoms with Crippen LogP contribution in [0.5, 0.6) is 5.75 Å². The van der Waals surface area contributed by atoms with Crippen molar-refractivity contribution in [1.82, 2.24) is 9.78 Å². The van der Waals surface area contributed by atoms with E-state index in [-0.39, 0.29) is 5.91 Å². The molecule has 4 rings (SSSR count). The molecule has 0 aliphatic rings. The number of benzene rings is 2. The molecule has 4 aromatic rings. The molecule has 0 atom stereocenters. The number of amides is 1. The number of carbonyl (C=O) groups is 1. The summed E-state index contributed by atoms with van der Waals surface area (Å²) in [7, 11) is 1.60. The molecule has 27 heavy (non-hydrogen) atoms. The van der Waals surface area contributed by atoms with Crippen LogP contribution in [-0.4, -0.2) is 22.8 Å². The van der Waals surface area contributed by atoms with E-state index in [1.54, 1.807) is 13.2 Å². The van der Waals surface area contributed by atoms with Crippen LogP contribution in [0.2, 0.25) is 0 Å². The van der Waals surface area contributed by atoms with E-state index in [4.69, 9.17) is 4.74 Å². The van der Waals surface area contributed by atoms with Crippen LogP contribution in [0.15, 0.2) is 54.6 Å². The van der Waals surface area contributed by atoms with Crippen LogP contribution in [0, 0.1) is 13.8 Å². The highest BCUT2D eigenvalue weighted by Gasteiger charge is 2.17. The lowest BCUT2D eigenvalue weighted by molar-refractivity contribution is 0.103. The summed E-state index contributed by atoms with van der Waals surface area (Å²) >= 11 is 1.44. The minimum absolute atomic E-state index is 0.139. The summed E-state index contributed by atoms with van der Waals surface area (Å²) in [6, 6.07) is 17.4. The van der Waals surface area contributed by atoms with Gasteiger partial charge in [0.1, 0.15) is 10.6 Å². The normalized spacial score (nSPS) is 10.9. The molecule has 0 saturated heterocycles. The number of methoxy groups -OCH3 is 1. The number of hydrogen-bond donors (Lipinski definition) is 1. The van der Waals surface area contributed by atoms with Gasteiger partial charge < -0.3 is 10.1 Å². The number of anilines is 1. The zero-order chi connectivity index (χ0) is 19.0. The number of nitrogens with one attached hydrogen (secondary N) is 1. The number of fused-ring (bicyclic) bond motifs is 1. The molecular formula is C21H19N3O2S. The lowest BCUT2D eigenvalue weighted by Gasteiger charge is -2.06. The molecule has 6 heteroatoms. The zero-order valence-corrected chi connectivity index (χ0v) is 16.1. The predicted octanol–water partition coefficient (Wildman–Crippen LogP) is 4.96. The summed E-state index contributed by atoms with van der Waals surface area (Å²) in [6.07, 6.45) is 0. The Hall–Kier alpha value is -3.12. The second kappa shape index (κ2) is 6.89. The first kappa shape index (κ1) is 17.3. The van der Waals surface area contributed by atoms with Crippen molar-refractivity contribution >= 4 is 33.1 Å². The molecule has 1 amide bonds. The maximum Gasteiger partial charge on any atom is 0.265 e. The molecule has 136 valence electrons. The van der Waals surface area contributed by atoms with Gasteiger partial charge in [0.2, 0.25) is 0 Å². The summed E-state index contributed by atoms with van der Waals surface area (Å²) < 4.78 is 7.11. The lowest BCUT2D eigenvalue weighted by atomic mass is 10.2. The number of carbonyl (C=O) groups excluding carboxylic acids is 1. The Kier molecular flexibility index (Phi) is 4.41. The van der Waals surface area contributed by atoms with E-state index in [1.165, 1.54) is 16.9 Å². The number of hydrogen-bond acceptors (Lipinski definition) is 4. The van der Waals surface area contributed by atoms with Gasteiger partial charge in [0.15, 0.2) is 0 Å². The number of aromatic nitrogens is 2. The maximum absolute atomic E-state index is 12.7. The van der Waals surface area contributed by atoms with Crippen molar-refractivity contribution in [3.8, 4) is 11.4 Å². The maximum atomic E-state index is 12.7. The van der Waals surface area contributed by atoms with Gasteiger partial charge in [0, 0.05) is 17.1 Å². The standard InChI is InChI=1S/C21H19N3O2S/c1-13-6-4-8-16(10-13)24-21-18(14(2)23-24)12-19(27-21)20(25)22-15-7-5-9-17(11-15)26-3/h4-12H,1-3H3,(H,22,25). The molecule has 2 aromatic carbocycles. The van der Waals surface area contributed by atoms with Crippen LogP contribution >= 0.6 is 11.3 Å². The van der Waals surface area contributed by atoms with E-state index in [0.29, 0.717) is 16.3 Å². The fourth-order valence-electron chi connectivity index (χ4n) is 2.99. The van der Waals surface area contributed by atoms with Crippen molar-refractivity contribution in [2.75, 3.05) is 12.4 Å². The van der Waals surface area contributed by atoms with Gasteiger partial charge >= 0.3 is 0 Å². The Morgan fingerprint density at radius 1 is 1.11 bits per heavy atom. The van der Waals surface area contributed by atoms with Crippen LogP contribution < -0.4 is 10.1 Å². The molecule has 0 spiro atoms. The summed E-state index contributed by atoms with van der Waals surface area (Å²) in [5, 5.41) is 8.58. The molecule has 1 N–H and O–H groups in total. The van der Waals surface area contributed by atoms with Crippen molar-refractivity contribution in [2.24, 2.45) is 0 Å². The summed E-state index contributed by atoms with van der Waals surface area (Å²) in [5.41, 5.74) is 3.77. The topological polar surface area (TPSA) is 56.1 Å². The van der Waals surface area contributed by atoms with Gasteiger partial charge in [-0.25, -0.2) is 4.68 Å². The highest BCUT2D eigenvalue weighted by Crippen LogP contribution is 2.31. The van der Waals surface area contributed by atoms with Gasteiger partial charge in [-0.15, -0.1) is 11.3 Å². The third kappa shape index (κ3) is 3.31. The Morgan fingerprint density at radius 3 is 2.70 bits per heavy atom. The van der Waals surface area contributed by atoms with Crippen LogP contribution in [0.3, 0.4) is 0 Å². The van der Waals surface area contributed by atoms with Gasteiger partial charge in [-0.2, -0.15) is 5.10 Å². The first-order valence-electron chi connectivity index (χ1n) is 8.57. The minimum Gasteiger partial charge on any atom is -0.497 e. The summed E-state index contributed by atoms with van der Waals surface area (Å²) in [4.78, 5) is 14.3. The fraction of sp³-hybridized carbons (Fsp3) is 0.143. The zero-order valence-electron chi connectivity index (χ0n) is 15.3. The highest BCUT2D eigenvalue weighted by molar-refractivity contribution is 7.20. The first-order chi connectivity index (χ1) is 13.0. The molecule has 0 aliphatic carbocycles. The molecule has 0 bridgehead atoms. The predicted molar refractivity (Wildman–Crippen MR) is 109 cm³/mol. The number of nitrogens with zero attached hydrogens (tertiary/aromatic N) is 2. The molecule has 0 fully saturated rings. The Balaban J connectivity index is 1.69. The van der Waals surface area contributed by atoms with Gasteiger partial charge in [0.05, 0.1) is 23.4 Å². The second-order valence-corrected chi connectivity index (χ2v) is 7.38.